The number of hydrogen-bond donors (Lipinski definition) is 1. The van der Waals surface area contributed by atoms with Gasteiger partial charge in [-0.15, -0.1) is 10.2 Å². The monoisotopic (exact) mass is 329 g/mol. The second kappa shape index (κ2) is 7.29. The maximum atomic E-state index is 14.1. The summed E-state index contributed by atoms with van der Waals surface area (Å²) in [5.41, 5.74) is 0.600. The van der Waals surface area contributed by atoms with Gasteiger partial charge in [0.15, 0.2) is 4.34 Å². The van der Waals surface area contributed by atoms with Crippen molar-refractivity contribution in [3.63, 3.8) is 0 Å². The van der Waals surface area contributed by atoms with Crippen LogP contribution in [-0.2, 0) is 6.54 Å². The van der Waals surface area contributed by atoms with Crippen molar-refractivity contribution < 1.29 is 8.78 Å². The summed E-state index contributed by atoms with van der Waals surface area (Å²) in [6, 6.07) is 2.74. The third-order valence-corrected chi connectivity index (χ3v) is 4.62. The van der Waals surface area contributed by atoms with Crippen LogP contribution in [0.5, 0.6) is 0 Å². The minimum atomic E-state index is -0.561. The van der Waals surface area contributed by atoms with Gasteiger partial charge < -0.3 is 5.32 Å². The maximum Gasteiger partial charge on any atom is 0.179 e. The summed E-state index contributed by atoms with van der Waals surface area (Å²) in [6.45, 7) is 7.23. The summed E-state index contributed by atoms with van der Waals surface area (Å²) >= 11 is 2.29. The summed E-state index contributed by atoms with van der Waals surface area (Å²) in [5.74, 6) is -0.626. The molecule has 1 aromatic heterocycles. The van der Waals surface area contributed by atoms with Gasteiger partial charge in [0.05, 0.1) is 4.90 Å². The topological polar surface area (TPSA) is 37.8 Å². The van der Waals surface area contributed by atoms with Gasteiger partial charge in [-0.1, -0.05) is 36.9 Å². The number of hydrogen-bond acceptors (Lipinski definition) is 5. The Morgan fingerprint density at radius 1 is 1.24 bits per heavy atom. The Morgan fingerprint density at radius 2 is 1.90 bits per heavy atom. The number of nitrogens with zero attached hydrogens (tertiary/aromatic N) is 2. The zero-order valence-corrected chi connectivity index (χ0v) is 13.7. The predicted octanol–water partition coefficient (Wildman–Crippen LogP) is 4.02. The van der Waals surface area contributed by atoms with Crippen LogP contribution in [0.15, 0.2) is 21.4 Å². The summed E-state index contributed by atoms with van der Waals surface area (Å²) in [5, 5.41) is 11.6. The number of aryl methyl sites for hydroxylation is 1. The predicted molar refractivity (Wildman–Crippen MR) is 81.7 cm³/mol. The normalized spacial score (nSPS) is 11.3. The Labute approximate surface area is 131 Å². The van der Waals surface area contributed by atoms with Crippen LogP contribution in [0.1, 0.15) is 24.4 Å². The molecule has 1 aromatic carbocycles. The molecule has 0 saturated heterocycles. The molecule has 1 heterocycles. The standard InChI is InChI=1S/C14H17F2N3S2/c1-8(2)6-17-7-10-4-11(15)13(12(16)5-10)21-14-19-18-9(3)20-14/h4-5,8,17H,6-7H2,1-3H3. The lowest BCUT2D eigenvalue weighted by Crippen LogP contribution is -2.19. The van der Waals surface area contributed by atoms with E-state index in [-0.39, 0.29) is 4.90 Å². The van der Waals surface area contributed by atoms with Gasteiger partial charge in [-0.3, -0.25) is 0 Å². The Morgan fingerprint density at radius 3 is 2.43 bits per heavy atom. The molecule has 2 aromatic rings. The SMILES string of the molecule is Cc1nnc(Sc2c(F)cc(CNCC(C)C)cc2F)s1. The molecule has 1 N–H and O–H groups in total. The minimum Gasteiger partial charge on any atom is -0.312 e. The van der Waals surface area contributed by atoms with E-state index in [1.54, 1.807) is 6.92 Å². The van der Waals surface area contributed by atoms with Crippen LogP contribution < -0.4 is 5.32 Å². The van der Waals surface area contributed by atoms with Crippen molar-refractivity contribution in [3.8, 4) is 0 Å². The fraction of sp³-hybridized carbons (Fsp3) is 0.429. The van der Waals surface area contributed by atoms with Crippen molar-refractivity contribution in [3.05, 3.63) is 34.3 Å². The lowest BCUT2D eigenvalue weighted by Gasteiger charge is -2.09. The van der Waals surface area contributed by atoms with Crippen molar-refractivity contribution in [2.45, 2.75) is 36.6 Å². The molecular formula is C14H17F2N3S2. The van der Waals surface area contributed by atoms with Crippen molar-refractivity contribution in [1.82, 2.24) is 15.5 Å². The highest BCUT2D eigenvalue weighted by atomic mass is 32.2. The van der Waals surface area contributed by atoms with Gasteiger partial charge in [0.2, 0.25) is 0 Å². The Bertz CT molecular complexity index is 591. The second-order valence-electron chi connectivity index (χ2n) is 5.10. The maximum absolute atomic E-state index is 14.1. The molecule has 0 fully saturated rings. The van der Waals surface area contributed by atoms with E-state index in [0.29, 0.717) is 22.4 Å². The molecule has 0 bridgehead atoms. The molecule has 0 unspecified atom stereocenters. The Balaban J connectivity index is 2.09. The number of rotatable bonds is 6. The zero-order valence-electron chi connectivity index (χ0n) is 12.1. The van der Waals surface area contributed by atoms with Gasteiger partial charge in [-0.05, 0) is 37.1 Å². The first-order valence-electron chi connectivity index (χ1n) is 6.62. The van der Waals surface area contributed by atoms with Crippen molar-refractivity contribution in [2.75, 3.05) is 6.54 Å². The molecule has 0 spiro atoms. The lowest BCUT2D eigenvalue weighted by atomic mass is 10.2. The van der Waals surface area contributed by atoms with Crippen LogP contribution in [0.25, 0.3) is 0 Å². The largest absolute Gasteiger partial charge is 0.312 e. The van der Waals surface area contributed by atoms with E-state index in [0.717, 1.165) is 23.3 Å². The summed E-state index contributed by atoms with van der Waals surface area (Å²) < 4.78 is 28.7. The van der Waals surface area contributed by atoms with Crippen LogP contribution in [0.4, 0.5) is 8.78 Å². The molecule has 0 aliphatic rings. The number of halogens is 2. The van der Waals surface area contributed by atoms with Gasteiger partial charge in [0.25, 0.3) is 0 Å². The minimum absolute atomic E-state index is 0.0289. The molecule has 2 rings (SSSR count). The van der Waals surface area contributed by atoms with E-state index in [2.05, 4.69) is 29.4 Å². The van der Waals surface area contributed by atoms with E-state index in [1.807, 2.05) is 0 Å². The van der Waals surface area contributed by atoms with Crippen molar-refractivity contribution >= 4 is 23.1 Å². The van der Waals surface area contributed by atoms with E-state index in [4.69, 9.17) is 0 Å². The van der Waals surface area contributed by atoms with Crippen LogP contribution >= 0.6 is 23.1 Å². The van der Waals surface area contributed by atoms with Gasteiger partial charge in [-0.2, -0.15) is 0 Å². The quantitative estimate of drug-likeness (QED) is 0.868. The first-order chi connectivity index (χ1) is 9.95. The molecule has 0 amide bonds. The number of nitrogens with one attached hydrogen (secondary N) is 1. The molecule has 0 aliphatic heterocycles. The highest BCUT2D eigenvalue weighted by Gasteiger charge is 2.15. The first-order valence-corrected chi connectivity index (χ1v) is 8.25. The molecule has 7 heteroatoms. The van der Waals surface area contributed by atoms with Crippen molar-refractivity contribution in [1.29, 1.82) is 0 Å². The highest BCUT2D eigenvalue weighted by molar-refractivity contribution is 8.01. The van der Waals surface area contributed by atoms with E-state index in [1.165, 1.54) is 23.5 Å². The third-order valence-electron chi connectivity index (χ3n) is 2.64. The molecule has 0 atom stereocenters. The molecule has 114 valence electrons. The zero-order chi connectivity index (χ0) is 15.4. The molecule has 0 radical (unpaired) electrons. The van der Waals surface area contributed by atoms with Gasteiger partial charge >= 0.3 is 0 Å². The van der Waals surface area contributed by atoms with Gasteiger partial charge in [-0.25, -0.2) is 8.78 Å². The first kappa shape index (κ1) is 16.3. The highest BCUT2D eigenvalue weighted by Crippen LogP contribution is 2.34. The lowest BCUT2D eigenvalue weighted by molar-refractivity contribution is 0.525. The van der Waals surface area contributed by atoms with E-state index >= 15 is 0 Å². The molecule has 0 aliphatic carbocycles. The Hall–Kier alpha value is -1.05. The summed E-state index contributed by atoms with van der Waals surface area (Å²) in [6.07, 6.45) is 0. The van der Waals surface area contributed by atoms with Crippen molar-refractivity contribution in [2.24, 2.45) is 5.92 Å². The van der Waals surface area contributed by atoms with Crippen LogP contribution in [0, 0.1) is 24.5 Å². The fourth-order valence-electron chi connectivity index (χ4n) is 1.72. The van der Waals surface area contributed by atoms with Crippen LogP contribution in [0.2, 0.25) is 0 Å². The molecule has 0 saturated carbocycles. The summed E-state index contributed by atoms with van der Waals surface area (Å²) in [4.78, 5) is -0.0289. The van der Waals surface area contributed by atoms with Gasteiger partial charge in [0.1, 0.15) is 16.6 Å². The van der Waals surface area contributed by atoms with E-state index in [9.17, 15) is 8.78 Å². The van der Waals surface area contributed by atoms with E-state index < -0.39 is 11.6 Å². The number of aromatic nitrogens is 2. The molecular weight excluding hydrogens is 312 g/mol. The number of benzene rings is 1. The Kier molecular flexibility index (Phi) is 5.66. The second-order valence-corrected chi connectivity index (χ2v) is 7.54. The van der Waals surface area contributed by atoms with Gasteiger partial charge in [0, 0.05) is 6.54 Å². The van der Waals surface area contributed by atoms with Crippen LogP contribution in [-0.4, -0.2) is 16.7 Å². The summed E-state index contributed by atoms with van der Waals surface area (Å²) in [7, 11) is 0. The average Bonchev–Trinajstić information content (AvgIpc) is 2.79. The molecule has 3 nitrogen and oxygen atoms in total. The smallest absolute Gasteiger partial charge is 0.179 e. The molecule has 21 heavy (non-hydrogen) atoms. The third kappa shape index (κ3) is 4.72. The van der Waals surface area contributed by atoms with Crippen LogP contribution in [0.3, 0.4) is 0 Å². The fourth-order valence-corrected chi connectivity index (χ4v) is 3.49. The average molecular weight is 329 g/mol.